The fourth-order valence-electron chi connectivity index (χ4n) is 5.38. The Kier molecular flexibility index (Phi) is 5.14. The lowest BCUT2D eigenvalue weighted by molar-refractivity contribution is 0.0189. The predicted molar refractivity (Wildman–Crippen MR) is 127 cm³/mol. The zero-order valence-corrected chi connectivity index (χ0v) is 19.8. The van der Waals surface area contributed by atoms with E-state index in [4.69, 9.17) is 27.9 Å². The first-order valence-corrected chi connectivity index (χ1v) is 11.8. The lowest BCUT2D eigenvalue weighted by Gasteiger charge is -2.40. The molecule has 5 rings (SSSR count). The van der Waals surface area contributed by atoms with Crippen molar-refractivity contribution in [2.24, 2.45) is 0 Å². The normalized spacial score (nSPS) is 22.2. The molecular weight excluding hydrogens is 431 g/mol. The highest BCUT2D eigenvalue weighted by molar-refractivity contribution is 6.42. The number of piperidine rings is 1. The van der Waals surface area contributed by atoms with Crippen molar-refractivity contribution in [2.75, 3.05) is 24.5 Å². The Balaban J connectivity index is 1.52. The van der Waals surface area contributed by atoms with E-state index in [0.717, 1.165) is 37.9 Å². The number of hydrogen-bond donors (Lipinski definition) is 0. The summed E-state index contributed by atoms with van der Waals surface area (Å²) in [6.45, 7) is 8.30. The lowest BCUT2D eigenvalue weighted by atomic mass is 9.87. The number of likely N-dealkylation sites (tertiary alicyclic amines) is 1. The number of carbonyl (C=O) groups excluding carboxylic acids is 1. The average Bonchev–Trinajstić information content (AvgIpc) is 3.04. The number of aryl methyl sites for hydroxylation is 1. The molecule has 0 bridgehead atoms. The van der Waals surface area contributed by atoms with Crippen LogP contribution in [0.2, 0.25) is 10.0 Å². The number of benzene rings is 2. The van der Waals surface area contributed by atoms with Gasteiger partial charge in [-0.3, -0.25) is 0 Å². The van der Waals surface area contributed by atoms with Crippen molar-refractivity contribution >= 4 is 35.0 Å². The van der Waals surface area contributed by atoms with E-state index in [-0.39, 0.29) is 6.09 Å². The zero-order chi connectivity index (χ0) is 21.9. The molecule has 3 heterocycles. The van der Waals surface area contributed by atoms with E-state index in [2.05, 4.69) is 17.0 Å². The number of rotatable bonds is 1. The summed E-state index contributed by atoms with van der Waals surface area (Å²) >= 11 is 12.5. The van der Waals surface area contributed by atoms with Gasteiger partial charge in [-0.15, -0.1) is 0 Å². The highest BCUT2D eigenvalue weighted by Crippen LogP contribution is 2.50. The fraction of sp³-hybridized carbons (Fsp3) is 0.480. The first-order valence-electron chi connectivity index (χ1n) is 11.1. The molecule has 2 aromatic rings. The van der Waals surface area contributed by atoms with E-state index in [1.807, 2.05) is 43.9 Å². The van der Waals surface area contributed by atoms with Gasteiger partial charge in [0.05, 0.1) is 10.0 Å². The molecule has 0 aromatic heterocycles. The molecule has 1 fully saturated rings. The molecule has 4 nitrogen and oxygen atoms in total. The molecule has 2 atom stereocenters. The smallest absolute Gasteiger partial charge is 0.410 e. The monoisotopic (exact) mass is 458 g/mol. The Morgan fingerprint density at radius 2 is 1.87 bits per heavy atom. The predicted octanol–water partition coefficient (Wildman–Crippen LogP) is 6.52. The Morgan fingerprint density at radius 3 is 2.61 bits per heavy atom. The van der Waals surface area contributed by atoms with Crippen molar-refractivity contribution in [3.05, 3.63) is 51.5 Å². The van der Waals surface area contributed by atoms with Crippen LogP contribution in [-0.4, -0.2) is 42.3 Å². The van der Waals surface area contributed by atoms with E-state index in [1.165, 1.54) is 22.4 Å². The van der Waals surface area contributed by atoms with Crippen molar-refractivity contribution in [3.8, 4) is 11.1 Å². The van der Waals surface area contributed by atoms with Crippen LogP contribution in [0, 0.1) is 0 Å². The maximum atomic E-state index is 12.8. The van der Waals surface area contributed by atoms with Gasteiger partial charge in [0.15, 0.2) is 0 Å². The van der Waals surface area contributed by atoms with Crippen LogP contribution in [0.15, 0.2) is 30.3 Å². The molecule has 0 spiro atoms. The van der Waals surface area contributed by atoms with Gasteiger partial charge < -0.3 is 14.5 Å². The molecule has 1 amide bonds. The molecule has 6 heteroatoms. The van der Waals surface area contributed by atoms with Gasteiger partial charge in [-0.2, -0.15) is 0 Å². The lowest BCUT2D eigenvalue weighted by Crippen LogP contribution is -2.49. The van der Waals surface area contributed by atoms with Gasteiger partial charge in [-0.25, -0.2) is 4.79 Å². The summed E-state index contributed by atoms with van der Waals surface area (Å²) in [7, 11) is 0. The van der Waals surface area contributed by atoms with Crippen LogP contribution in [0.4, 0.5) is 10.5 Å². The molecule has 0 unspecified atom stereocenters. The molecular formula is C25H28Cl2N2O2. The second-order valence-corrected chi connectivity index (χ2v) is 10.7. The number of anilines is 1. The molecule has 1 saturated heterocycles. The molecule has 0 N–H and O–H groups in total. The molecule has 0 saturated carbocycles. The highest BCUT2D eigenvalue weighted by atomic mass is 35.5. The number of halogens is 2. The number of ether oxygens (including phenoxy) is 1. The third kappa shape index (κ3) is 3.78. The summed E-state index contributed by atoms with van der Waals surface area (Å²) in [6, 6.07) is 10.9. The molecule has 2 aromatic carbocycles. The van der Waals surface area contributed by atoms with Crippen molar-refractivity contribution in [1.29, 1.82) is 0 Å². The molecule has 3 aliphatic heterocycles. The van der Waals surface area contributed by atoms with Gasteiger partial charge in [0.2, 0.25) is 0 Å². The van der Waals surface area contributed by atoms with Crippen LogP contribution in [0.25, 0.3) is 11.1 Å². The Bertz CT molecular complexity index is 1050. The maximum Gasteiger partial charge on any atom is 0.410 e. The standard InChI is InChI=1S/C25H28Cl2N2O2/c1-25(2,3)31-24(30)28-10-8-22-19(14-28)18-12-17(15-6-7-20(26)21(27)13-15)11-16-5-4-9-29(22)23(16)18/h6-7,11-13,19,22H,4-5,8-10,14H2,1-3H3/t19-,22-/m1/s1. The van der Waals surface area contributed by atoms with Crippen molar-refractivity contribution in [1.82, 2.24) is 4.90 Å². The van der Waals surface area contributed by atoms with E-state index in [0.29, 0.717) is 28.5 Å². The van der Waals surface area contributed by atoms with Gasteiger partial charge in [0.1, 0.15) is 5.60 Å². The third-order valence-electron chi connectivity index (χ3n) is 6.63. The summed E-state index contributed by atoms with van der Waals surface area (Å²) in [6.07, 6.45) is 3.02. The summed E-state index contributed by atoms with van der Waals surface area (Å²) in [5, 5.41) is 1.14. The van der Waals surface area contributed by atoms with Crippen LogP contribution in [-0.2, 0) is 11.2 Å². The number of hydrogen-bond acceptors (Lipinski definition) is 3. The summed E-state index contributed by atoms with van der Waals surface area (Å²) in [5.74, 6) is 0.302. The fourth-order valence-corrected chi connectivity index (χ4v) is 5.68. The quantitative estimate of drug-likeness (QED) is 0.487. The minimum atomic E-state index is -0.481. The van der Waals surface area contributed by atoms with Crippen molar-refractivity contribution in [3.63, 3.8) is 0 Å². The van der Waals surface area contributed by atoms with Gasteiger partial charge in [-0.05, 0) is 86.6 Å². The minimum Gasteiger partial charge on any atom is -0.444 e. The van der Waals surface area contributed by atoms with E-state index in [9.17, 15) is 4.79 Å². The minimum absolute atomic E-state index is 0.207. The molecule has 3 aliphatic rings. The van der Waals surface area contributed by atoms with Gasteiger partial charge in [0, 0.05) is 37.3 Å². The first-order chi connectivity index (χ1) is 14.7. The highest BCUT2D eigenvalue weighted by Gasteiger charge is 2.45. The Labute approximate surface area is 194 Å². The van der Waals surface area contributed by atoms with Crippen molar-refractivity contribution < 1.29 is 9.53 Å². The van der Waals surface area contributed by atoms with Crippen LogP contribution >= 0.6 is 23.2 Å². The number of amides is 1. The number of nitrogens with zero attached hydrogens (tertiary/aromatic N) is 2. The first kappa shape index (κ1) is 21.0. The summed E-state index contributed by atoms with van der Waals surface area (Å²) < 4.78 is 5.67. The number of carbonyl (C=O) groups is 1. The van der Waals surface area contributed by atoms with E-state index < -0.39 is 5.60 Å². The SMILES string of the molecule is CC(C)(C)OC(=O)N1CC[C@@H]2[C@H](C1)c1cc(-c3ccc(Cl)c(Cl)c3)cc3c1N2CCC3. The maximum absolute atomic E-state index is 12.8. The Hall–Kier alpha value is -1.91. The van der Waals surface area contributed by atoms with Gasteiger partial charge in [-0.1, -0.05) is 29.3 Å². The molecule has 0 radical (unpaired) electrons. The average molecular weight is 459 g/mol. The molecule has 31 heavy (non-hydrogen) atoms. The van der Waals surface area contributed by atoms with Gasteiger partial charge in [0.25, 0.3) is 0 Å². The molecule has 164 valence electrons. The second kappa shape index (κ2) is 7.60. The largest absolute Gasteiger partial charge is 0.444 e. The summed E-state index contributed by atoms with van der Waals surface area (Å²) in [5.41, 5.74) is 5.93. The summed E-state index contributed by atoms with van der Waals surface area (Å²) in [4.78, 5) is 17.3. The van der Waals surface area contributed by atoms with E-state index >= 15 is 0 Å². The topological polar surface area (TPSA) is 32.8 Å². The van der Waals surface area contributed by atoms with Crippen LogP contribution in [0.1, 0.15) is 50.7 Å². The number of fused-ring (bicyclic) bond motifs is 3. The van der Waals surface area contributed by atoms with Crippen LogP contribution in [0.3, 0.4) is 0 Å². The van der Waals surface area contributed by atoms with E-state index in [1.54, 1.807) is 0 Å². The van der Waals surface area contributed by atoms with Crippen LogP contribution < -0.4 is 4.90 Å². The van der Waals surface area contributed by atoms with Gasteiger partial charge >= 0.3 is 6.09 Å². The van der Waals surface area contributed by atoms with Crippen molar-refractivity contribution in [2.45, 2.75) is 57.6 Å². The van der Waals surface area contributed by atoms with Crippen LogP contribution in [0.5, 0.6) is 0 Å². The second-order valence-electron chi connectivity index (χ2n) is 9.89. The molecule has 0 aliphatic carbocycles. The Morgan fingerprint density at radius 1 is 1.06 bits per heavy atom. The zero-order valence-electron chi connectivity index (χ0n) is 18.3. The third-order valence-corrected chi connectivity index (χ3v) is 7.37.